The van der Waals surface area contributed by atoms with E-state index in [1.54, 1.807) is 18.3 Å². The van der Waals surface area contributed by atoms with Gasteiger partial charge in [0, 0.05) is 50.8 Å². The van der Waals surface area contributed by atoms with Gasteiger partial charge in [-0.2, -0.15) is 0 Å². The standard InChI is InChI=1S/C19H23N3O3/c23-22(24)18-7-5-16(6-8-18)9-11-21(15-19-4-2-12-25-19)14-17-3-1-10-20-13-17/h1,3,5-8,10,13,19H,2,4,9,11-12,14-15H2/t19-/m1/s1. The number of hydrogen-bond donors (Lipinski definition) is 0. The summed E-state index contributed by atoms with van der Waals surface area (Å²) in [5.74, 6) is 0. The number of nitro groups is 1. The predicted molar refractivity (Wildman–Crippen MR) is 95.3 cm³/mol. The van der Waals surface area contributed by atoms with Gasteiger partial charge in [0.25, 0.3) is 5.69 Å². The zero-order chi connectivity index (χ0) is 17.5. The molecule has 2 heterocycles. The smallest absolute Gasteiger partial charge is 0.269 e. The molecule has 1 atom stereocenters. The quantitative estimate of drug-likeness (QED) is 0.545. The Morgan fingerprint density at radius 2 is 2.08 bits per heavy atom. The number of benzene rings is 1. The number of rotatable bonds is 8. The normalized spacial score (nSPS) is 17.1. The second kappa shape index (κ2) is 8.69. The van der Waals surface area contributed by atoms with Crippen LogP contribution in [-0.4, -0.2) is 40.6 Å². The van der Waals surface area contributed by atoms with Gasteiger partial charge >= 0.3 is 0 Å². The lowest BCUT2D eigenvalue weighted by molar-refractivity contribution is -0.384. The summed E-state index contributed by atoms with van der Waals surface area (Å²) in [5.41, 5.74) is 2.42. The van der Waals surface area contributed by atoms with Crippen LogP contribution in [0.1, 0.15) is 24.0 Å². The lowest BCUT2D eigenvalue weighted by Gasteiger charge is -2.25. The monoisotopic (exact) mass is 341 g/mol. The first-order valence-corrected chi connectivity index (χ1v) is 8.67. The Labute approximate surface area is 147 Å². The predicted octanol–water partition coefficient (Wildman–Crippen LogP) is 3.21. The third-order valence-corrected chi connectivity index (χ3v) is 4.48. The maximum Gasteiger partial charge on any atom is 0.269 e. The average molecular weight is 341 g/mol. The van der Waals surface area contributed by atoms with Crippen molar-refractivity contribution in [2.24, 2.45) is 0 Å². The number of aromatic nitrogens is 1. The van der Waals surface area contributed by atoms with Gasteiger partial charge in [-0.05, 0) is 36.5 Å². The summed E-state index contributed by atoms with van der Waals surface area (Å²) in [5, 5.41) is 10.8. The van der Waals surface area contributed by atoms with Crippen molar-refractivity contribution in [1.29, 1.82) is 0 Å². The minimum absolute atomic E-state index is 0.135. The van der Waals surface area contributed by atoms with E-state index in [1.807, 2.05) is 24.4 Å². The maximum atomic E-state index is 10.8. The first kappa shape index (κ1) is 17.5. The molecule has 6 nitrogen and oxygen atoms in total. The Hall–Kier alpha value is -2.31. The van der Waals surface area contributed by atoms with Gasteiger partial charge in [-0.15, -0.1) is 0 Å². The van der Waals surface area contributed by atoms with Crippen molar-refractivity contribution in [1.82, 2.24) is 9.88 Å². The Morgan fingerprint density at radius 3 is 2.72 bits per heavy atom. The van der Waals surface area contributed by atoms with Crippen molar-refractivity contribution in [2.75, 3.05) is 19.7 Å². The molecule has 1 aromatic carbocycles. The molecule has 0 saturated carbocycles. The lowest BCUT2D eigenvalue weighted by Crippen LogP contribution is -2.33. The molecule has 25 heavy (non-hydrogen) atoms. The highest BCUT2D eigenvalue weighted by Crippen LogP contribution is 2.16. The summed E-state index contributed by atoms with van der Waals surface area (Å²) in [7, 11) is 0. The third kappa shape index (κ3) is 5.34. The van der Waals surface area contributed by atoms with Gasteiger partial charge in [0.05, 0.1) is 11.0 Å². The summed E-state index contributed by atoms with van der Waals surface area (Å²) in [4.78, 5) is 17.0. The Morgan fingerprint density at radius 1 is 1.24 bits per heavy atom. The molecule has 1 aliphatic rings. The number of nitro benzene ring substituents is 1. The van der Waals surface area contributed by atoms with E-state index in [4.69, 9.17) is 4.74 Å². The van der Waals surface area contributed by atoms with Crippen LogP contribution in [-0.2, 0) is 17.7 Å². The molecule has 0 aliphatic carbocycles. The minimum Gasteiger partial charge on any atom is -0.377 e. The summed E-state index contributed by atoms with van der Waals surface area (Å²) in [6.45, 7) is 3.48. The number of pyridine rings is 1. The zero-order valence-electron chi connectivity index (χ0n) is 14.2. The number of non-ortho nitro benzene ring substituents is 1. The second-order valence-corrected chi connectivity index (χ2v) is 6.40. The van der Waals surface area contributed by atoms with Gasteiger partial charge in [-0.3, -0.25) is 20.0 Å². The van der Waals surface area contributed by atoms with Crippen LogP contribution in [0.2, 0.25) is 0 Å². The van der Waals surface area contributed by atoms with Crippen LogP contribution in [0.5, 0.6) is 0 Å². The van der Waals surface area contributed by atoms with E-state index in [1.165, 1.54) is 5.56 Å². The van der Waals surface area contributed by atoms with E-state index in [-0.39, 0.29) is 10.6 Å². The molecule has 1 aliphatic heterocycles. The van der Waals surface area contributed by atoms with Crippen LogP contribution in [0.3, 0.4) is 0 Å². The van der Waals surface area contributed by atoms with Gasteiger partial charge < -0.3 is 4.74 Å². The number of ether oxygens (including phenoxy) is 1. The Bertz CT molecular complexity index is 670. The molecule has 0 bridgehead atoms. The van der Waals surface area contributed by atoms with E-state index >= 15 is 0 Å². The van der Waals surface area contributed by atoms with E-state index in [2.05, 4.69) is 16.0 Å². The molecule has 0 unspecified atom stereocenters. The second-order valence-electron chi connectivity index (χ2n) is 6.40. The van der Waals surface area contributed by atoms with Crippen molar-refractivity contribution >= 4 is 5.69 Å². The fourth-order valence-corrected chi connectivity index (χ4v) is 3.13. The molecule has 1 saturated heterocycles. The van der Waals surface area contributed by atoms with Crippen molar-refractivity contribution in [2.45, 2.75) is 31.9 Å². The topological polar surface area (TPSA) is 68.5 Å². The fraction of sp³-hybridized carbons (Fsp3) is 0.421. The van der Waals surface area contributed by atoms with Gasteiger partial charge in [0.2, 0.25) is 0 Å². The molecule has 0 N–H and O–H groups in total. The minimum atomic E-state index is -0.365. The SMILES string of the molecule is O=[N+]([O-])c1ccc(CCN(Cc2cccnc2)C[C@H]2CCCO2)cc1. The average Bonchev–Trinajstić information content (AvgIpc) is 3.14. The van der Waals surface area contributed by atoms with E-state index in [0.29, 0.717) is 6.10 Å². The molecule has 3 rings (SSSR count). The van der Waals surface area contributed by atoms with E-state index < -0.39 is 0 Å². The number of nitrogens with zero attached hydrogens (tertiary/aromatic N) is 3. The molecule has 0 radical (unpaired) electrons. The molecule has 132 valence electrons. The molecule has 0 spiro atoms. The molecular weight excluding hydrogens is 318 g/mol. The Balaban J connectivity index is 1.60. The van der Waals surface area contributed by atoms with Crippen LogP contribution < -0.4 is 0 Å². The first-order chi connectivity index (χ1) is 12.2. The molecular formula is C19H23N3O3. The summed E-state index contributed by atoms with van der Waals surface area (Å²) in [6.07, 6.45) is 7.08. The largest absolute Gasteiger partial charge is 0.377 e. The van der Waals surface area contributed by atoms with Gasteiger partial charge in [-0.1, -0.05) is 18.2 Å². The third-order valence-electron chi connectivity index (χ3n) is 4.48. The molecule has 1 aromatic heterocycles. The highest BCUT2D eigenvalue weighted by Gasteiger charge is 2.19. The van der Waals surface area contributed by atoms with Crippen LogP contribution >= 0.6 is 0 Å². The van der Waals surface area contributed by atoms with Crippen LogP contribution in [0, 0.1) is 10.1 Å². The maximum absolute atomic E-state index is 10.8. The van der Waals surface area contributed by atoms with Crippen LogP contribution in [0.4, 0.5) is 5.69 Å². The van der Waals surface area contributed by atoms with Crippen molar-refractivity contribution in [3.05, 3.63) is 70.0 Å². The molecule has 6 heteroatoms. The van der Waals surface area contributed by atoms with Crippen molar-refractivity contribution in [3.8, 4) is 0 Å². The van der Waals surface area contributed by atoms with Gasteiger partial charge in [0.15, 0.2) is 0 Å². The lowest BCUT2D eigenvalue weighted by atomic mass is 10.1. The summed E-state index contributed by atoms with van der Waals surface area (Å²) < 4.78 is 5.78. The van der Waals surface area contributed by atoms with Crippen molar-refractivity contribution in [3.63, 3.8) is 0 Å². The highest BCUT2D eigenvalue weighted by molar-refractivity contribution is 5.32. The van der Waals surface area contributed by atoms with E-state index in [0.717, 1.165) is 51.1 Å². The summed E-state index contributed by atoms with van der Waals surface area (Å²) >= 11 is 0. The van der Waals surface area contributed by atoms with Crippen molar-refractivity contribution < 1.29 is 9.66 Å². The van der Waals surface area contributed by atoms with Gasteiger partial charge in [-0.25, -0.2) is 0 Å². The molecule has 0 amide bonds. The van der Waals surface area contributed by atoms with Gasteiger partial charge in [0.1, 0.15) is 0 Å². The van der Waals surface area contributed by atoms with Crippen LogP contribution in [0.15, 0.2) is 48.8 Å². The van der Waals surface area contributed by atoms with Crippen LogP contribution in [0.25, 0.3) is 0 Å². The number of hydrogen-bond acceptors (Lipinski definition) is 5. The first-order valence-electron chi connectivity index (χ1n) is 8.67. The zero-order valence-corrected chi connectivity index (χ0v) is 14.2. The molecule has 2 aromatic rings. The summed E-state index contributed by atoms with van der Waals surface area (Å²) in [6, 6.07) is 10.9. The fourth-order valence-electron chi connectivity index (χ4n) is 3.13. The molecule has 1 fully saturated rings. The van der Waals surface area contributed by atoms with E-state index in [9.17, 15) is 10.1 Å². The Kier molecular flexibility index (Phi) is 6.09. The highest BCUT2D eigenvalue weighted by atomic mass is 16.6.